The Hall–Kier alpha value is -0.500. The Morgan fingerprint density at radius 3 is 2.35 bits per heavy atom. The lowest BCUT2D eigenvalue weighted by Gasteiger charge is -2.29. The molecule has 0 aliphatic rings. The number of aliphatic hydroxyl groups excluding tert-OH is 1. The highest BCUT2D eigenvalue weighted by molar-refractivity contribution is 7.51. The van der Waals surface area contributed by atoms with E-state index in [1.807, 2.05) is 0 Å². The number of rotatable bonds is 8. The van der Waals surface area contributed by atoms with Crippen LogP contribution in [0.4, 0.5) is 0 Å². The summed E-state index contributed by atoms with van der Waals surface area (Å²) in [7, 11) is -4.36. The summed E-state index contributed by atoms with van der Waals surface area (Å²) >= 11 is 0. The first-order chi connectivity index (χ1) is 7.67. The van der Waals surface area contributed by atoms with Crippen LogP contribution in [-0.4, -0.2) is 45.6 Å². The minimum Gasteiger partial charge on any atom is -0.548 e. The van der Waals surface area contributed by atoms with Crippen LogP contribution in [-0.2, 0) is 14.1 Å². The third kappa shape index (κ3) is 7.43. The van der Waals surface area contributed by atoms with E-state index in [4.69, 9.17) is 19.6 Å². The first-order valence-electron chi connectivity index (χ1n) is 4.99. The van der Waals surface area contributed by atoms with Crippen LogP contribution in [0.1, 0.15) is 20.3 Å². The summed E-state index contributed by atoms with van der Waals surface area (Å²) in [6, 6.07) is -1.40. The number of hydrogen-bond acceptors (Lipinski definition) is 6. The van der Waals surface area contributed by atoms with Crippen LogP contribution in [0.3, 0.4) is 0 Å². The third-order valence-electron chi connectivity index (χ3n) is 1.92. The highest BCUT2D eigenvalue weighted by atomic mass is 31.2. The molecule has 3 unspecified atom stereocenters. The largest absolute Gasteiger partial charge is 0.548 e. The van der Waals surface area contributed by atoms with Crippen LogP contribution in [0.2, 0.25) is 0 Å². The molecule has 4 N–H and O–H groups in total. The maximum absolute atomic E-state index is 10.8. The Morgan fingerprint density at radius 2 is 2.06 bits per heavy atom. The normalized spacial score (nSPS) is 17.5. The second-order valence-corrected chi connectivity index (χ2v) is 5.15. The molecular formula is C8H17NO7P-. The lowest BCUT2D eigenvalue weighted by molar-refractivity contribution is -0.312. The summed E-state index contributed by atoms with van der Waals surface area (Å²) in [5.74, 6) is -1.55. The summed E-state index contributed by atoms with van der Waals surface area (Å²) in [4.78, 5) is 28.1. The molecule has 0 saturated carbocycles. The van der Waals surface area contributed by atoms with E-state index < -0.39 is 38.3 Å². The molecule has 0 aromatic rings. The molecular weight excluding hydrogens is 253 g/mol. The first-order valence-corrected chi connectivity index (χ1v) is 6.79. The number of aliphatic hydroxyl groups is 1. The van der Waals surface area contributed by atoms with Gasteiger partial charge < -0.3 is 29.5 Å². The standard InChI is InChI=1S/C8H18NO7P/c1-3-6(16-5(2)10)7(8(11)12)9-4-17(13,14)15/h5-7,9-10H,3-4H2,1-2H3,(H,11,12)(H2,13,14,15)/p-1. The van der Waals surface area contributed by atoms with Gasteiger partial charge in [-0.05, 0) is 13.3 Å². The fourth-order valence-electron chi connectivity index (χ4n) is 1.25. The van der Waals surface area contributed by atoms with E-state index in [0.29, 0.717) is 0 Å². The number of carbonyl (C=O) groups excluding carboxylic acids is 1. The lowest BCUT2D eigenvalue weighted by atomic mass is 10.1. The highest BCUT2D eigenvalue weighted by Gasteiger charge is 2.25. The van der Waals surface area contributed by atoms with E-state index in [2.05, 4.69) is 5.32 Å². The highest BCUT2D eigenvalue weighted by Crippen LogP contribution is 2.32. The maximum Gasteiger partial charge on any atom is 0.339 e. The average Bonchev–Trinajstić information content (AvgIpc) is 2.13. The van der Waals surface area contributed by atoms with Crippen LogP contribution < -0.4 is 10.4 Å². The van der Waals surface area contributed by atoms with E-state index in [1.54, 1.807) is 6.92 Å². The quantitative estimate of drug-likeness (QED) is 0.292. The third-order valence-corrected chi connectivity index (χ3v) is 2.51. The number of ether oxygens (including phenoxy) is 1. The van der Waals surface area contributed by atoms with Gasteiger partial charge in [-0.25, -0.2) is 0 Å². The van der Waals surface area contributed by atoms with E-state index >= 15 is 0 Å². The SMILES string of the molecule is CCC(OC(C)O)C(NCP(=O)(O)O)C(=O)[O-]. The van der Waals surface area contributed by atoms with Gasteiger partial charge in [-0.3, -0.25) is 9.88 Å². The summed E-state index contributed by atoms with van der Waals surface area (Å²) < 4.78 is 15.5. The molecule has 0 aliphatic heterocycles. The van der Waals surface area contributed by atoms with Crippen molar-refractivity contribution in [1.29, 1.82) is 0 Å². The van der Waals surface area contributed by atoms with Crippen molar-refractivity contribution in [2.75, 3.05) is 6.29 Å². The lowest BCUT2D eigenvalue weighted by Crippen LogP contribution is -2.54. The fourth-order valence-corrected chi connectivity index (χ4v) is 1.68. The second-order valence-electron chi connectivity index (χ2n) is 3.51. The van der Waals surface area contributed by atoms with Crippen LogP contribution in [0, 0.1) is 0 Å². The van der Waals surface area contributed by atoms with Crippen LogP contribution in [0.5, 0.6) is 0 Å². The molecule has 0 heterocycles. The Balaban J connectivity index is 4.59. The average molecular weight is 270 g/mol. The molecule has 8 nitrogen and oxygen atoms in total. The molecule has 0 fully saturated rings. The van der Waals surface area contributed by atoms with Gasteiger partial charge >= 0.3 is 7.60 Å². The molecule has 0 bridgehead atoms. The molecule has 0 radical (unpaired) electrons. The van der Waals surface area contributed by atoms with Crippen molar-refractivity contribution in [2.45, 2.75) is 38.7 Å². The van der Waals surface area contributed by atoms with Crippen LogP contribution in [0.15, 0.2) is 0 Å². The number of carboxylic acids is 1. The zero-order chi connectivity index (χ0) is 13.6. The Kier molecular flexibility index (Phi) is 6.84. The molecule has 0 aromatic carbocycles. The van der Waals surface area contributed by atoms with Gasteiger partial charge in [-0.2, -0.15) is 0 Å². The van der Waals surface area contributed by atoms with Gasteiger partial charge in [-0.1, -0.05) is 6.92 Å². The van der Waals surface area contributed by atoms with Crippen molar-refractivity contribution >= 4 is 13.6 Å². The monoisotopic (exact) mass is 270 g/mol. The minimum atomic E-state index is -4.36. The summed E-state index contributed by atoms with van der Waals surface area (Å²) in [5, 5.41) is 22.0. The number of hydrogen-bond donors (Lipinski definition) is 4. The molecule has 0 spiro atoms. The van der Waals surface area contributed by atoms with Gasteiger partial charge in [0.15, 0.2) is 6.29 Å². The van der Waals surface area contributed by atoms with Crippen molar-refractivity contribution in [1.82, 2.24) is 5.32 Å². The van der Waals surface area contributed by atoms with Gasteiger partial charge in [0.05, 0.1) is 24.4 Å². The smallest absolute Gasteiger partial charge is 0.339 e. The van der Waals surface area contributed by atoms with Gasteiger partial charge in [0.25, 0.3) is 0 Å². The van der Waals surface area contributed by atoms with Crippen molar-refractivity contribution in [3.8, 4) is 0 Å². The van der Waals surface area contributed by atoms with Crippen molar-refractivity contribution in [3.63, 3.8) is 0 Å². The van der Waals surface area contributed by atoms with E-state index in [9.17, 15) is 14.5 Å². The molecule has 0 rings (SSSR count). The first kappa shape index (κ1) is 16.5. The Labute approximate surface area is 98.8 Å². The van der Waals surface area contributed by atoms with Gasteiger partial charge in [0.1, 0.15) is 0 Å². The predicted octanol–water partition coefficient (Wildman–Crippen LogP) is -2.04. The number of aliphatic carboxylic acids is 1. The van der Waals surface area contributed by atoms with E-state index in [-0.39, 0.29) is 6.42 Å². The zero-order valence-electron chi connectivity index (χ0n) is 9.57. The number of nitrogens with one attached hydrogen (secondary N) is 1. The van der Waals surface area contributed by atoms with Crippen molar-refractivity contribution in [2.24, 2.45) is 0 Å². The minimum absolute atomic E-state index is 0.234. The van der Waals surface area contributed by atoms with Crippen molar-refractivity contribution in [3.05, 3.63) is 0 Å². The maximum atomic E-state index is 10.8. The van der Waals surface area contributed by atoms with Gasteiger partial charge in [0.2, 0.25) is 0 Å². The molecule has 0 aromatic heterocycles. The van der Waals surface area contributed by atoms with E-state index in [1.165, 1.54) is 6.92 Å². The molecule has 0 aliphatic carbocycles. The van der Waals surface area contributed by atoms with Crippen LogP contribution in [0.25, 0.3) is 0 Å². The molecule has 0 amide bonds. The van der Waals surface area contributed by atoms with Crippen molar-refractivity contribution < 1.29 is 34.1 Å². The molecule has 9 heteroatoms. The fraction of sp³-hybridized carbons (Fsp3) is 0.875. The van der Waals surface area contributed by atoms with Gasteiger partial charge in [-0.15, -0.1) is 0 Å². The predicted molar refractivity (Wildman–Crippen MR) is 55.7 cm³/mol. The molecule has 0 saturated heterocycles. The summed E-state index contributed by atoms with van der Waals surface area (Å²) in [6.45, 7) is 2.92. The summed E-state index contributed by atoms with van der Waals surface area (Å²) in [5.41, 5.74) is 0. The molecule has 102 valence electrons. The van der Waals surface area contributed by atoms with Crippen LogP contribution >= 0.6 is 7.60 Å². The van der Waals surface area contributed by atoms with Gasteiger partial charge in [0, 0.05) is 0 Å². The second kappa shape index (κ2) is 7.05. The molecule has 3 atom stereocenters. The summed E-state index contributed by atoms with van der Waals surface area (Å²) in [6.07, 6.45) is -2.69. The zero-order valence-corrected chi connectivity index (χ0v) is 10.5. The Morgan fingerprint density at radius 1 is 1.53 bits per heavy atom. The Bertz CT molecular complexity index is 290. The van der Waals surface area contributed by atoms with E-state index in [0.717, 1.165) is 0 Å². The topological polar surface area (TPSA) is 139 Å². The molecule has 17 heavy (non-hydrogen) atoms. The number of carbonyl (C=O) groups is 1. The number of carboxylic acid groups (broad SMARTS) is 1.